The average Bonchev–Trinajstić information content (AvgIpc) is 2.48. The summed E-state index contributed by atoms with van der Waals surface area (Å²) in [6.07, 6.45) is 0. The molecule has 104 valence electrons. The number of oxime groups is 1. The SMILES string of the molecule is Cc1c(F)cccc1NCc1ccccc1C(N)=NO. The molecule has 4 N–H and O–H groups in total. The van der Waals surface area contributed by atoms with Crippen LogP contribution in [0.2, 0.25) is 0 Å². The topological polar surface area (TPSA) is 70.6 Å². The standard InChI is InChI=1S/C15H16FN3O/c1-10-13(16)7-4-8-14(10)18-9-11-5-2-3-6-12(11)15(17)19-20/h2-8,18,20H,9H2,1H3,(H2,17,19). The van der Waals surface area contributed by atoms with Crippen LogP contribution in [0.5, 0.6) is 0 Å². The Hall–Kier alpha value is -2.56. The van der Waals surface area contributed by atoms with Gasteiger partial charge < -0.3 is 16.3 Å². The molecule has 20 heavy (non-hydrogen) atoms. The van der Waals surface area contributed by atoms with Gasteiger partial charge in [-0.25, -0.2) is 4.39 Å². The highest BCUT2D eigenvalue weighted by atomic mass is 19.1. The van der Waals surface area contributed by atoms with E-state index in [0.717, 1.165) is 11.3 Å². The molecular weight excluding hydrogens is 257 g/mol. The van der Waals surface area contributed by atoms with Crippen LogP contribution >= 0.6 is 0 Å². The molecule has 0 saturated carbocycles. The zero-order valence-electron chi connectivity index (χ0n) is 11.1. The fourth-order valence-electron chi connectivity index (χ4n) is 1.97. The van der Waals surface area contributed by atoms with Crippen molar-refractivity contribution in [3.8, 4) is 0 Å². The second kappa shape index (κ2) is 6.06. The predicted octanol–water partition coefficient (Wildman–Crippen LogP) is 2.84. The van der Waals surface area contributed by atoms with Crippen molar-refractivity contribution in [1.29, 1.82) is 0 Å². The Morgan fingerprint density at radius 2 is 2.00 bits per heavy atom. The Kier molecular flexibility index (Phi) is 4.20. The number of benzene rings is 2. The molecule has 5 heteroatoms. The Morgan fingerprint density at radius 3 is 2.75 bits per heavy atom. The number of amidine groups is 1. The molecule has 0 saturated heterocycles. The third kappa shape index (κ3) is 2.88. The Labute approximate surface area is 116 Å². The van der Waals surface area contributed by atoms with Crippen LogP contribution in [0.15, 0.2) is 47.6 Å². The highest BCUT2D eigenvalue weighted by Crippen LogP contribution is 2.19. The molecule has 4 nitrogen and oxygen atoms in total. The van der Waals surface area contributed by atoms with Gasteiger partial charge in [0.25, 0.3) is 0 Å². The van der Waals surface area contributed by atoms with Crippen molar-refractivity contribution in [1.82, 2.24) is 0 Å². The second-order valence-corrected chi connectivity index (χ2v) is 4.41. The highest BCUT2D eigenvalue weighted by Gasteiger charge is 2.07. The normalized spacial score (nSPS) is 11.4. The number of hydrogen-bond donors (Lipinski definition) is 3. The van der Waals surface area contributed by atoms with E-state index in [1.807, 2.05) is 24.3 Å². The fourth-order valence-corrected chi connectivity index (χ4v) is 1.97. The smallest absolute Gasteiger partial charge is 0.170 e. The van der Waals surface area contributed by atoms with Crippen molar-refractivity contribution in [2.45, 2.75) is 13.5 Å². The van der Waals surface area contributed by atoms with Crippen LogP contribution in [0.1, 0.15) is 16.7 Å². The van der Waals surface area contributed by atoms with E-state index in [4.69, 9.17) is 10.9 Å². The van der Waals surface area contributed by atoms with Crippen LogP contribution in [-0.2, 0) is 6.54 Å². The quantitative estimate of drug-likeness (QED) is 0.347. The van der Waals surface area contributed by atoms with E-state index in [0.29, 0.717) is 17.7 Å². The van der Waals surface area contributed by atoms with Crippen molar-refractivity contribution in [2.24, 2.45) is 10.9 Å². The van der Waals surface area contributed by atoms with Crippen molar-refractivity contribution in [2.75, 3.05) is 5.32 Å². The van der Waals surface area contributed by atoms with Gasteiger partial charge in [-0.05, 0) is 24.6 Å². The molecule has 0 aliphatic rings. The first-order valence-corrected chi connectivity index (χ1v) is 6.18. The van der Waals surface area contributed by atoms with Gasteiger partial charge in [-0.3, -0.25) is 0 Å². The zero-order chi connectivity index (χ0) is 14.5. The number of nitrogens with two attached hydrogens (primary N) is 1. The van der Waals surface area contributed by atoms with E-state index in [1.165, 1.54) is 6.07 Å². The first-order chi connectivity index (χ1) is 9.63. The molecule has 0 heterocycles. The van der Waals surface area contributed by atoms with E-state index in [9.17, 15) is 4.39 Å². The lowest BCUT2D eigenvalue weighted by Gasteiger charge is -2.12. The molecule has 2 aromatic rings. The monoisotopic (exact) mass is 273 g/mol. The highest BCUT2D eigenvalue weighted by molar-refractivity contribution is 5.98. The van der Waals surface area contributed by atoms with Gasteiger partial charge in [0, 0.05) is 23.4 Å². The first-order valence-electron chi connectivity index (χ1n) is 6.18. The molecule has 0 aliphatic carbocycles. The van der Waals surface area contributed by atoms with Crippen LogP contribution in [-0.4, -0.2) is 11.0 Å². The van der Waals surface area contributed by atoms with Gasteiger partial charge in [-0.15, -0.1) is 0 Å². The fraction of sp³-hybridized carbons (Fsp3) is 0.133. The molecule has 0 radical (unpaired) electrons. The van der Waals surface area contributed by atoms with Gasteiger partial charge in [-0.2, -0.15) is 0 Å². The molecule has 0 aromatic heterocycles. The molecule has 0 bridgehead atoms. The summed E-state index contributed by atoms with van der Waals surface area (Å²) >= 11 is 0. The van der Waals surface area contributed by atoms with Crippen molar-refractivity contribution in [3.63, 3.8) is 0 Å². The summed E-state index contributed by atoms with van der Waals surface area (Å²) < 4.78 is 13.5. The lowest BCUT2D eigenvalue weighted by atomic mass is 10.1. The van der Waals surface area contributed by atoms with Gasteiger partial charge in [0.1, 0.15) is 5.82 Å². The van der Waals surface area contributed by atoms with Crippen LogP contribution in [0, 0.1) is 12.7 Å². The third-order valence-corrected chi connectivity index (χ3v) is 3.14. The molecule has 0 unspecified atom stereocenters. The van der Waals surface area contributed by atoms with Crippen LogP contribution in [0.3, 0.4) is 0 Å². The maximum absolute atomic E-state index is 13.5. The lowest BCUT2D eigenvalue weighted by molar-refractivity contribution is 0.318. The largest absolute Gasteiger partial charge is 0.409 e. The molecule has 0 amide bonds. The van der Waals surface area contributed by atoms with E-state index in [1.54, 1.807) is 19.1 Å². The number of nitrogens with zero attached hydrogens (tertiary/aromatic N) is 1. The molecule has 0 aliphatic heterocycles. The van der Waals surface area contributed by atoms with Gasteiger partial charge in [-0.1, -0.05) is 35.5 Å². The van der Waals surface area contributed by atoms with E-state index in [2.05, 4.69) is 10.5 Å². The van der Waals surface area contributed by atoms with Crippen molar-refractivity contribution < 1.29 is 9.60 Å². The lowest BCUT2D eigenvalue weighted by Crippen LogP contribution is -2.17. The van der Waals surface area contributed by atoms with E-state index >= 15 is 0 Å². The van der Waals surface area contributed by atoms with Gasteiger partial charge >= 0.3 is 0 Å². The van der Waals surface area contributed by atoms with Gasteiger partial charge in [0.05, 0.1) is 0 Å². The number of nitrogens with one attached hydrogen (secondary N) is 1. The minimum absolute atomic E-state index is 0.0540. The summed E-state index contributed by atoms with van der Waals surface area (Å²) in [5, 5.41) is 14.9. The minimum Gasteiger partial charge on any atom is -0.409 e. The van der Waals surface area contributed by atoms with Crippen LogP contribution in [0.25, 0.3) is 0 Å². The zero-order valence-corrected chi connectivity index (χ0v) is 11.1. The maximum Gasteiger partial charge on any atom is 0.170 e. The van der Waals surface area contributed by atoms with Crippen molar-refractivity contribution in [3.05, 3.63) is 65.0 Å². The molecule has 0 spiro atoms. The Morgan fingerprint density at radius 1 is 1.25 bits per heavy atom. The summed E-state index contributed by atoms with van der Waals surface area (Å²) in [6, 6.07) is 12.2. The molecular formula is C15H16FN3O. The van der Waals surface area contributed by atoms with Crippen LogP contribution < -0.4 is 11.1 Å². The predicted molar refractivity (Wildman–Crippen MR) is 77.4 cm³/mol. The summed E-state index contributed by atoms with van der Waals surface area (Å²) in [5.41, 5.74) is 8.43. The van der Waals surface area contributed by atoms with Gasteiger partial charge in [0.15, 0.2) is 5.84 Å². The molecule has 2 rings (SSSR count). The third-order valence-electron chi connectivity index (χ3n) is 3.14. The minimum atomic E-state index is -0.250. The second-order valence-electron chi connectivity index (χ2n) is 4.41. The Balaban J connectivity index is 2.21. The molecule has 0 atom stereocenters. The average molecular weight is 273 g/mol. The van der Waals surface area contributed by atoms with E-state index in [-0.39, 0.29) is 11.7 Å². The molecule has 2 aromatic carbocycles. The number of anilines is 1. The Bertz CT molecular complexity index is 641. The summed E-state index contributed by atoms with van der Waals surface area (Å²) in [4.78, 5) is 0. The molecule has 0 fully saturated rings. The summed E-state index contributed by atoms with van der Waals surface area (Å²) in [6.45, 7) is 2.17. The first kappa shape index (κ1) is 13.9. The van der Waals surface area contributed by atoms with E-state index < -0.39 is 0 Å². The maximum atomic E-state index is 13.5. The van der Waals surface area contributed by atoms with Crippen molar-refractivity contribution >= 4 is 11.5 Å². The summed E-state index contributed by atoms with van der Waals surface area (Å²) in [5.74, 6) is -0.196. The van der Waals surface area contributed by atoms with Gasteiger partial charge in [0.2, 0.25) is 0 Å². The number of hydrogen-bond acceptors (Lipinski definition) is 3. The number of halogens is 1. The number of rotatable bonds is 4. The summed E-state index contributed by atoms with van der Waals surface area (Å²) in [7, 11) is 0. The van der Waals surface area contributed by atoms with Crippen LogP contribution in [0.4, 0.5) is 10.1 Å².